The number of nitrogens with zero attached hydrogens (tertiary/aromatic N) is 1. The minimum atomic E-state index is -1.03. The van der Waals surface area contributed by atoms with Crippen LogP contribution in [0.25, 0.3) is 10.8 Å². The Hall–Kier alpha value is -4.68. The molecule has 0 heterocycles. The molecular formula is C32H41NO12. The number of hydrogen-bond acceptors (Lipinski definition) is 12. The fourth-order valence-electron chi connectivity index (χ4n) is 4.19. The molecule has 0 aliphatic heterocycles. The number of carbonyl (C=O) groups is 6. The maximum absolute atomic E-state index is 12.7. The van der Waals surface area contributed by atoms with E-state index in [0.717, 1.165) is 21.2 Å². The Morgan fingerprint density at radius 3 is 2.13 bits per heavy atom. The molecule has 2 aromatic rings. The number of benzene rings is 2. The van der Waals surface area contributed by atoms with E-state index in [4.69, 9.17) is 28.4 Å². The van der Waals surface area contributed by atoms with E-state index in [1.54, 1.807) is 21.0 Å². The third-order valence-corrected chi connectivity index (χ3v) is 6.74. The van der Waals surface area contributed by atoms with E-state index in [9.17, 15) is 28.8 Å². The smallest absolute Gasteiger partial charge is 0.419 e. The lowest BCUT2D eigenvalue weighted by Gasteiger charge is -2.26. The molecule has 0 aliphatic rings. The Labute approximate surface area is 262 Å². The Morgan fingerprint density at radius 1 is 0.867 bits per heavy atom. The van der Waals surface area contributed by atoms with Gasteiger partial charge < -0.3 is 28.4 Å². The van der Waals surface area contributed by atoms with Gasteiger partial charge in [-0.05, 0) is 61.6 Å². The van der Waals surface area contributed by atoms with Crippen molar-refractivity contribution in [1.82, 2.24) is 4.90 Å². The van der Waals surface area contributed by atoms with E-state index in [0.29, 0.717) is 12.2 Å². The van der Waals surface area contributed by atoms with Crippen LogP contribution in [-0.2, 0) is 54.1 Å². The van der Waals surface area contributed by atoms with Crippen molar-refractivity contribution in [3.8, 4) is 5.75 Å². The van der Waals surface area contributed by atoms with E-state index in [-0.39, 0.29) is 39.0 Å². The predicted molar refractivity (Wildman–Crippen MR) is 160 cm³/mol. The monoisotopic (exact) mass is 631 g/mol. The van der Waals surface area contributed by atoms with E-state index in [2.05, 4.69) is 0 Å². The summed E-state index contributed by atoms with van der Waals surface area (Å²) in [6.45, 7) is 5.65. The third-order valence-electron chi connectivity index (χ3n) is 6.74. The normalized spacial score (nSPS) is 11.0. The first kappa shape index (κ1) is 36.5. The minimum absolute atomic E-state index is 0.0478. The topological polar surface area (TPSA) is 161 Å². The summed E-state index contributed by atoms with van der Waals surface area (Å²) in [4.78, 5) is 72.9. The maximum Gasteiger partial charge on any atom is 0.419 e. The molecule has 2 rings (SSSR count). The third kappa shape index (κ3) is 12.5. The van der Waals surface area contributed by atoms with Gasteiger partial charge in [0.1, 0.15) is 19.0 Å². The van der Waals surface area contributed by atoms with Crippen LogP contribution in [0.1, 0.15) is 59.4 Å². The van der Waals surface area contributed by atoms with Crippen molar-refractivity contribution in [3.63, 3.8) is 0 Å². The van der Waals surface area contributed by atoms with Crippen LogP contribution < -0.4 is 4.74 Å². The number of amides is 2. The zero-order valence-electron chi connectivity index (χ0n) is 26.5. The van der Waals surface area contributed by atoms with Gasteiger partial charge in [0.15, 0.2) is 6.10 Å². The highest BCUT2D eigenvalue weighted by atomic mass is 16.7. The summed E-state index contributed by atoms with van der Waals surface area (Å²) in [5, 5.41) is 1.92. The lowest BCUT2D eigenvalue weighted by Crippen LogP contribution is -2.37. The second-order valence-corrected chi connectivity index (χ2v) is 10.8. The molecule has 2 amide bonds. The van der Waals surface area contributed by atoms with Crippen molar-refractivity contribution in [2.75, 3.05) is 33.7 Å². The van der Waals surface area contributed by atoms with E-state index >= 15 is 0 Å². The molecule has 2 aromatic carbocycles. The van der Waals surface area contributed by atoms with Crippen molar-refractivity contribution in [3.05, 3.63) is 42.0 Å². The van der Waals surface area contributed by atoms with Crippen LogP contribution in [0.4, 0.5) is 4.79 Å². The zero-order chi connectivity index (χ0) is 33.6. The minimum Gasteiger partial charge on any atom is -0.497 e. The summed E-state index contributed by atoms with van der Waals surface area (Å²) in [5.74, 6) is -2.32. The summed E-state index contributed by atoms with van der Waals surface area (Å²) < 4.78 is 30.4. The number of ether oxygens (including phenoxy) is 6. The first-order valence-corrected chi connectivity index (χ1v) is 14.4. The van der Waals surface area contributed by atoms with Gasteiger partial charge in [-0.25, -0.2) is 9.69 Å². The first-order chi connectivity index (χ1) is 21.2. The number of fused-ring (bicyclic) bond motifs is 1. The van der Waals surface area contributed by atoms with Gasteiger partial charge in [-0.1, -0.05) is 24.3 Å². The number of rotatable bonds is 16. The molecule has 0 radical (unpaired) electrons. The second-order valence-electron chi connectivity index (χ2n) is 10.8. The van der Waals surface area contributed by atoms with Crippen molar-refractivity contribution in [2.24, 2.45) is 5.41 Å². The molecule has 0 aliphatic carbocycles. The van der Waals surface area contributed by atoms with Crippen LogP contribution in [0, 0.1) is 5.41 Å². The molecule has 13 nitrogen and oxygen atoms in total. The van der Waals surface area contributed by atoms with Gasteiger partial charge in [0, 0.05) is 33.7 Å². The maximum atomic E-state index is 12.7. The molecule has 0 N–H and O–H groups in total. The number of esters is 4. The Kier molecular flexibility index (Phi) is 14.3. The van der Waals surface area contributed by atoms with Crippen LogP contribution >= 0.6 is 0 Å². The highest BCUT2D eigenvalue weighted by molar-refractivity contribution is 5.91. The summed E-state index contributed by atoms with van der Waals surface area (Å²) in [7, 11) is 1.57. The number of imide groups is 1. The SMILES string of the molecule is COc1ccc2cccc(CCN(C(C)=O)C(=O)OCOC(=O)CCCC(C)(C)C(=O)OC(COC(C)=O)COC(C)=O)c2c1. The molecule has 0 spiro atoms. The first-order valence-electron chi connectivity index (χ1n) is 14.4. The number of methoxy groups -OCH3 is 1. The lowest BCUT2D eigenvalue weighted by molar-refractivity contribution is -0.172. The fourth-order valence-corrected chi connectivity index (χ4v) is 4.19. The molecule has 0 aromatic heterocycles. The predicted octanol–water partition coefficient (Wildman–Crippen LogP) is 4.11. The standard InChI is InChI=1S/C32H41NO12/c1-21(34)33(16-14-25-10-7-9-24-12-13-26(40-6)17-28(24)25)31(39)44-20-43-29(37)11-8-15-32(4,5)30(38)45-27(18-41-22(2)35)19-42-23(3)36/h7,9-10,12-13,17,27H,8,11,14-16,18-20H2,1-6H3. The molecule has 13 heteroatoms. The van der Waals surface area contributed by atoms with E-state index in [1.165, 1.54) is 20.8 Å². The van der Waals surface area contributed by atoms with Crippen LogP contribution in [-0.4, -0.2) is 80.5 Å². The van der Waals surface area contributed by atoms with Gasteiger partial charge in [0.2, 0.25) is 12.7 Å². The molecule has 0 fully saturated rings. The summed E-state index contributed by atoms with van der Waals surface area (Å²) in [6, 6.07) is 11.4. The summed E-state index contributed by atoms with van der Waals surface area (Å²) >= 11 is 0. The van der Waals surface area contributed by atoms with E-state index in [1.807, 2.05) is 36.4 Å². The average Bonchev–Trinajstić information content (AvgIpc) is 2.97. The van der Waals surface area contributed by atoms with Crippen LogP contribution in [0.3, 0.4) is 0 Å². The van der Waals surface area contributed by atoms with Gasteiger partial charge in [-0.3, -0.25) is 24.0 Å². The second kappa shape index (κ2) is 17.6. The van der Waals surface area contributed by atoms with Crippen molar-refractivity contribution in [2.45, 2.75) is 66.4 Å². The van der Waals surface area contributed by atoms with Crippen molar-refractivity contribution < 1.29 is 57.2 Å². The molecular weight excluding hydrogens is 590 g/mol. The lowest BCUT2D eigenvalue weighted by atomic mass is 9.87. The Morgan fingerprint density at radius 2 is 1.53 bits per heavy atom. The molecule has 0 unspecified atom stereocenters. The quantitative estimate of drug-likeness (QED) is 0.148. The average molecular weight is 632 g/mol. The van der Waals surface area contributed by atoms with E-state index < -0.39 is 54.2 Å². The summed E-state index contributed by atoms with van der Waals surface area (Å²) in [6.07, 6.45) is -1.19. The molecule has 0 saturated carbocycles. The van der Waals surface area contributed by atoms with Gasteiger partial charge >= 0.3 is 30.0 Å². The van der Waals surface area contributed by atoms with Gasteiger partial charge in [-0.2, -0.15) is 0 Å². The Bertz CT molecular complexity index is 1350. The molecule has 246 valence electrons. The highest BCUT2D eigenvalue weighted by Gasteiger charge is 2.32. The van der Waals surface area contributed by atoms with Crippen LogP contribution in [0.5, 0.6) is 5.75 Å². The fraction of sp³-hybridized carbons (Fsp3) is 0.500. The molecule has 45 heavy (non-hydrogen) atoms. The number of carbonyl (C=O) groups excluding carboxylic acids is 6. The van der Waals surface area contributed by atoms with Crippen molar-refractivity contribution in [1.29, 1.82) is 0 Å². The van der Waals surface area contributed by atoms with Gasteiger partial charge in [-0.15, -0.1) is 0 Å². The molecule has 0 saturated heterocycles. The van der Waals surface area contributed by atoms with Gasteiger partial charge in [0.05, 0.1) is 12.5 Å². The zero-order valence-corrected chi connectivity index (χ0v) is 26.5. The van der Waals surface area contributed by atoms with Gasteiger partial charge in [0.25, 0.3) is 0 Å². The molecule has 0 atom stereocenters. The van der Waals surface area contributed by atoms with Crippen LogP contribution in [0.15, 0.2) is 36.4 Å². The Balaban J connectivity index is 1.81. The highest BCUT2D eigenvalue weighted by Crippen LogP contribution is 2.27. The molecule has 0 bridgehead atoms. The summed E-state index contributed by atoms with van der Waals surface area (Å²) in [5.41, 5.74) is -0.123. The largest absolute Gasteiger partial charge is 0.497 e. The van der Waals surface area contributed by atoms with Crippen molar-refractivity contribution >= 4 is 46.7 Å². The van der Waals surface area contributed by atoms with Crippen LogP contribution in [0.2, 0.25) is 0 Å². The number of hydrogen-bond donors (Lipinski definition) is 0.